The lowest BCUT2D eigenvalue weighted by molar-refractivity contribution is 0.298. The smallest absolute Gasteiger partial charge is 0.110 e. The lowest BCUT2D eigenvalue weighted by atomic mass is 10.2. The molecule has 1 N–H and O–H groups in total. The van der Waals surface area contributed by atoms with E-state index in [-0.39, 0.29) is 6.61 Å². The van der Waals surface area contributed by atoms with Crippen LogP contribution in [0, 0.1) is 0 Å². The maximum Gasteiger partial charge on any atom is 0.110 e. The van der Waals surface area contributed by atoms with Crippen molar-refractivity contribution in [2.24, 2.45) is 0 Å². The van der Waals surface area contributed by atoms with E-state index in [2.05, 4.69) is 9.97 Å². The summed E-state index contributed by atoms with van der Waals surface area (Å²) in [5.74, 6) is 0. The lowest BCUT2D eigenvalue weighted by Crippen LogP contribution is -1.94. The maximum atomic E-state index is 8.97. The second-order valence-electron chi connectivity index (χ2n) is 3.28. The Kier molecular flexibility index (Phi) is 4.85. The molecule has 0 fully saturated rings. The van der Waals surface area contributed by atoms with E-state index < -0.39 is 0 Å². The lowest BCUT2D eigenvalue weighted by Gasteiger charge is -2.05. The molecular weight excluding hydrogens is 252 g/mol. The molecule has 0 spiro atoms. The second-order valence-corrected chi connectivity index (χ2v) is 5.41. The molecule has 0 aliphatic heterocycles. The van der Waals surface area contributed by atoms with Gasteiger partial charge in [0.2, 0.25) is 0 Å². The molecule has 2 aromatic rings. The van der Waals surface area contributed by atoms with Gasteiger partial charge in [0.15, 0.2) is 0 Å². The predicted molar refractivity (Wildman–Crippen MR) is 71.0 cm³/mol. The van der Waals surface area contributed by atoms with E-state index in [1.807, 2.05) is 30.3 Å². The third kappa shape index (κ3) is 3.73. The third-order valence-electron chi connectivity index (χ3n) is 2.07. The van der Waals surface area contributed by atoms with Crippen molar-refractivity contribution >= 4 is 21.6 Å². The number of rotatable bonds is 5. The summed E-state index contributed by atoms with van der Waals surface area (Å²) in [7, 11) is 3.15. The minimum Gasteiger partial charge on any atom is -0.396 e. The first kappa shape index (κ1) is 12.4. The second kappa shape index (κ2) is 6.64. The van der Waals surface area contributed by atoms with E-state index in [1.54, 1.807) is 34.0 Å². The zero-order valence-corrected chi connectivity index (χ0v) is 10.7. The van der Waals surface area contributed by atoms with Crippen LogP contribution in [0.3, 0.4) is 0 Å². The quantitative estimate of drug-likeness (QED) is 0.841. The average Bonchev–Trinajstić information content (AvgIpc) is 2.39. The first-order valence-corrected chi connectivity index (χ1v) is 7.35. The molecule has 0 aromatic carbocycles. The van der Waals surface area contributed by atoms with Crippen LogP contribution in [0.25, 0.3) is 0 Å². The fourth-order valence-corrected chi connectivity index (χ4v) is 3.31. The fourth-order valence-electron chi connectivity index (χ4n) is 1.29. The maximum absolute atomic E-state index is 8.97. The van der Waals surface area contributed by atoms with Gasteiger partial charge in [-0.1, -0.05) is 12.1 Å². The van der Waals surface area contributed by atoms with Gasteiger partial charge in [-0.2, -0.15) is 0 Å². The molecule has 88 valence electrons. The summed E-state index contributed by atoms with van der Waals surface area (Å²) in [6.45, 7) is 0.146. The number of aliphatic hydroxyl groups excluding tert-OH is 1. The van der Waals surface area contributed by atoms with Crippen LogP contribution in [0.4, 0.5) is 0 Å². The van der Waals surface area contributed by atoms with Crippen molar-refractivity contribution in [1.82, 2.24) is 9.97 Å². The molecule has 2 heterocycles. The van der Waals surface area contributed by atoms with Gasteiger partial charge in [-0.25, -0.2) is 9.97 Å². The van der Waals surface area contributed by atoms with Crippen LogP contribution in [0.5, 0.6) is 0 Å². The number of aromatic nitrogens is 2. The molecule has 5 heteroatoms. The summed E-state index contributed by atoms with van der Waals surface area (Å²) >= 11 is 0. The number of aliphatic hydroxyl groups is 1. The first-order valence-electron chi connectivity index (χ1n) is 5.20. The number of hydrogen-bond acceptors (Lipinski definition) is 5. The van der Waals surface area contributed by atoms with Crippen molar-refractivity contribution in [2.75, 3.05) is 6.61 Å². The zero-order chi connectivity index (χ0) is 11.9. The van der Waals surface area contributed by atoms with Crippen molar-refractivity contribution in [1.29, 1.82) is 0 Å². The van der Waals surface area contributed by atoms with E-state index in [0.717, 1.165) is 15.6 Å². The molecule has 2 rings (SSSR count). The Morgan fingerprint density at radius 1 is 1.00 bits per heavy atom. The highest BCUT2D eigenvalue weighted by Gasteiger charge is 2.05. The van der Waals surface area contributed by atoms with Crippen LogP contribution in [-0.2, 0) is 6.42 Å². The predicted octanol–water partition coefficient (Wildman–Crippen LogP) is 2.81. The summed E-state index contributed by atoms with van der Waals surface area (Å²) in [6.07, 6.45) is 4.18. The molecule has 17 heavy (non-hydrogen) atoms. The Labute approximate surface area is 108 Å². The normalized spacial score (nSPS) is 10.4. The molecule has 0 unspecified atom stereocenters. The summed E-state index contributed by atoms with van der Waals surface area (Å²) < 4.78 is 0. The van der Waals surface area contributed by atoms with Gasteiger partial charge in [0.25, 0.3) is 0 Å². The molecule has 0 aliphatic carbocycles. The van der Waals surface area contributed by atoms with Gasteiger partial charge in [0.1, 0.15) is 10.1 Å². The molecule has 0 saturated carbocycles. The van der Waals surface area contributed by atoms with E-state index in [9.17, 15) is 0 Å². The Balaban J connectivity index is 2.03. The van der Waals surface area contributed by atoms with Crippen LogP contribution in [0.1, 0.15) is 5.56 Å². The van der Waals surface area contributed by atoms with Crippen molar-refractivity contribution in [3.05, 3.63) is 48.3 Å². The van der Waals surface area contributed by atoms with Gasteiger partial charge in [0, 0.05) is 19.0 Å². The summed E-state index contributed by atoms with van der Waals surface area (Å²) in [6, 6.07) is 9.70. The molecular formula is C12H12N2OS2. The minimum atomic E-state index is 0.146. The number of nitrogens with zero attached hydrogens (tertiary/aromatic N) is 2. The van der Waals surface area contributed by atoms with Crippen LogP contribution in [0.15, 0.2) is 52.8 Å². The molecule has 0 saturated heterocycles. The summed E-state index contributed by atoms with van der Waals surface area (Å²) in [4.78, 5) is 8.55. The SMILES string of the molecule is OCCc1cccnc1SSc1ccccn1. The third-order valence-corrected chi connectivity index (χ3v) is 4.33. The van der Waals surface area contributed by atoms with E-state index in [4.69, 9.17) is 5.11 Å². The monoisotopic (exact) mass is 264 g/mol. The van der Waals surface area contributed by atoms with Crippen LogP contribution >= 0.6 is 21.6 Å². The highest BCUT2D eigenvalue weighted by atomic mass is 33.1. The van der Waals surface area contributed by atoms with Gasteiger partial charge < -0.3 is 5.11 Å². The molecule has 0 bridgehead atoms. The van der Waals surface area contributed by atoms with Crippen LogP contribution in [-0.4, -0.2) is 21.7 Å². The Morgan fingerprint density at radius 2 is 1.88 bits per heavy atom. The van der Waals surface area contributed by atoms with E-state index >= 15 is 0 Å². The molecule has 2 aromatic heterocycles. The average molecular weight is 264 g/mol. The number of pyridine rings is 2. The van der Waals surface area contributed by atoms with Gasteiger partial charge >= 0.3 is 0 Å². The molecule has 3 nitrogen and oxygen atoms in total. The summed E-state index contributed by atoms with van der Waals surface area (Å²) in [5.41, 5.74) is 1.07. The van der Waals surface area contributed by atoms with Crippen LogP contribution < -0.4 is 0 Å². The largest absolute Gasteiger partial charge is 0.396 e. The fraction of sp³-hybridized carbons (Fsp3) is 0.167. The van der Waals surface area contributed by atoms with Crippen molar-refractivity contribution in [3.63, 3.8) is 0 Å². The van der Waals surface area contributed by atoms with Crippen molar-refractivity contribution in [3.8, 4) is 0 Å². The van der Waals surface area contributed by atoms with Gasteiger partial charge in [-0.15, -0.1) is 0 Å². The Bertz CT molecular complexity index is 465. The van der Waals surface area contributed by atoms with Crippen molar-refractivity contribution < 1.29 is 5.11 Å². The summed E-state index contributed by atoms with van der Waals surface area (Å²) in [5, 5.41) is 10.9. The highest BCUT2D eigenvalue weighted by Crippen LogP contribution is 2.36. The topological polar surface area (TPSA) is 46.0 Å². The standard InChI is InChI=1S/C12H12N2OS2/c15-9-6-10-4-3-8-14-12(10)17-16-11-5-1-2-7-13-11/h1-5,7-8,15H,6,9H2. The van der Waals surface area contributed by atoms with Crippen molar-refractivity contribution in [2.45, 2.75) is 16.5 Å². The molecule has 0 radical (unpaired) electrons. The molecule has 0 aliphatic rings. The minimum absolute atomic E-state index is 0.146. The molecule has 0 amide bonds. The van der Waals surface area contributed by atoms with Gasteiger partial charge in [-0.05, 0) is 51.8 Å². The Morgan fingerprint density at radius 3 is 2.65 bits per heavy atom. The van der Waals surface area contributed by atoms with E-state index in [1.165, 1.54) is 0 Å². The van der Waals surface area contributed by atoms with E-state index in [0.29, 0.717) is 6.42 Å². The number of hydrogen-bond donors (Lipinski definition) is 1. The zero-order valence-electron chi connectivity index (χ0n) is 9.11. The first-order chi connectivity index (χ1) is 8.40. The van der Waals surface area contributed by atoms with Gasteiger partial charge in [0.05, 0.1) is 0 Å². The van der Waals surface area contributed by atoms with Gasteiger partial charge in [-0.3, -0.25) is 0 Å². The Hall–Kier alpha value is -1.04. The molecule has 0 atom stereocenters. The highest BCUT2D eigenvalue weighted by molar-refractivity contribution is 8.76. The van der Waals surface area contributed by atoms with Crippen LogP contribution in [0.2, 0.25) is 0 Å².